The van der Waals surface area contributed by atoms with Gasteiger partial charge < -0.3 is 4.90 Å². The van der Waals surface area contributed by atoms with E-state index in [1.54, 1.807) is 0 Å². The van der Waals surface area contributed by atoms with Crippen LogP contribution in [0.4, 0.5) is 17.1 Å². The van der Waals surface area contributed by atoms with Crippen molar-refractivity contribution >= 4 is 49.4 Å². The predicted octanol–water partition coefficient (Wildman–Crippen LogP) is 14.3. The van der Waals surface area contributed by atoms with Crippen LogP contribution in [0.15, 0.2) is 188 Å². The minimum Gasteiger partial charge on any atom is -0.310 e. The molecule has 0 amide bonds. The van der Waals surface area contributed by atoms with Gasteiger partial charge in [0.1, 0.15) is 0 Å². The van der Waals surface area contributed by atoms with Gasteiger partial charge in [0.2, 0.25) is 0 Å². The third-order valence-electron chi connectivity index (χ3n) is 11.2. The number of benzene rings is 9. The molecule has 246 valence electrons. The van der Waals surface area contributed by atoms with Gasteiger partial charge in [-0.15, -0.1) is 0 Å². The van der Waals surface area contributed by atoms with E-state index < -0.39 is 0 Å². The molecular weight excluding hydrogens is 627 g/mol. The Morgan fingerprint density at radius 1 is 0.385 bits per heavy atom. The summed E-state index contributed by atoms with van der Waals surface area (Å²) < 4.78 is 0. The maximum absolute atomic E-state index is 2.48. The van der Waals surface area contributed by atoms with Crippen molar-refractivity contribution in [3.8, 4) is 33.4 Å². The largest absolute Gasteiger partial charge is 0.310 e. The average Bonchev–Trinajstić information content (AvgIpc) is 3.45. The van der Waals surface area contributed by atoms with Crippen LogP contribution < -0.4 is 4.90 Å². The van der Waals surface area contributed by atoms with Crippen molar-refractivity contribution in [1.82, 2.24) is 0 Å². The van der Waals surface area contributed by atoms with Crippen molar-refractivity contribution in [2.45, 2.75) is 19.3 Å². The monoisotopic (exact) mass is 663 g/mol. The highest BCUT2D eigenvalue weighted by Crippen LogP contribution is 2.56. The van der Waals surface area contributed by atoms with Crippen LogP contribution in [0, 0.1) is 0 Å². The number of hydrogen-bond donors (Lipinski definition) is 0. The molecule has 0 radical (unpaired) electrons. The first kappa shape index (κ1) is 30.4. The number of nitrogens with zero attached hydrogens (tertiary/aromatic N) is 1. The van der Waals surface area contributed by atoms with E-state index in [1.165, 1.54) is 82.5 Å². The predicted molar refractivity (Wildman–Crippen MR) is 222 cm³/mol. The van der Waals surface area contributed by atoms with Gasteiger partial charge in [0.15, 0.2) is 0 Å². The molecule has 0 heterocycles. The Morgan fingerprint density at radius 2 is 0.827 bits per heavy atom. The Morgan fingerprint density at radius 3 is 1.40 bits per heavy atom. The summed E-state index contributed by atoms with van der Waals surface area (Å²) in [7, 11) is 0. The van der Waals surface area contributed by atoms with Crippen LogP contribution in [-0.2, 0) is 5.41 Å². The Labute approximate surface area is 305 Å². The Bertz CT molecular complexity index is 2670. The summed E-state index contributed by atoms with van der Waals surface area (Å²) in [6, 6.07) is 69.1. The minimum absolute atomic E-state index is 0.149. The highest BCUT2D eigenvalue weighted by molar-refractivity contribution is 6.06. The number of fused-ring (bicyclic) bond motifs is 7. The standard InChI is InChI=1S/C51H37N/c1-51(2)47-24-10-9-21-46(47)49-48(33-38-15-5-8-20-45(38)50(49)51)52(39-29-25-36(26-30-39)43-22-11-16-34-13-3-6-18-41(34)43)40-31-27-37(28-32-40)44-23-12-17-35-14-4-7-19-42(35)44/h3-33H,1-2H3. The second kappa shape index (κ2) is 11.8. The van der Waals surface area contributed by atoms with Crippen LogP contribution in [0.1, 0.15) is 25.0 Å². The summed E-state index contributed by atoms with van der Waals surface area (Å²) >= 11 is 0. The molecule has 52 heavy (non-hydrogen) atoms. The van der Waals surface area contributed by atoms with Crippen molar-refractivity contribution in [2.75, 3.05) is 4.90 Å². The number of hydrogen-bond acceptors (Lipinski definition) is 1. The smallest absolute Gasteiger partial charge is 0.0549 e. The molecule has 1 aliphatic carbocycles. The summed E-state index contributed by atoms with van der Waals surface area (Å²) in [5.74, 6) is 0. The molecule has 1 heteroatoms. The lowest BCUT2D eigenvalue weighted by atomic mass is 9.80. The molecule has 0 aromatic heterocycles. The van der Waals surface area contributed by atoms with Crippen LogP contribution in [-0.4, -0.2) is 0 Å². The Balaban J connectivity index is 1.20. The normalized spacial score (nSPS) is 13.0. The first-order valence-electron chi connectivity index (χ1n) is 18.2. The first-order valence-corrected chi connectivity index (χ1v) is 18.2. The zero-order chi connectivity index (χ0) is 34.8. The molecule has 0 saturated heterocycles. The molecule has 0 atom stereocenters. The average molecular weight is 664 g/mol. The Kier molecular flexibility index (Phi) is 6.91. The summed E-state index contributed by atoms with van der Waals surface area (Å²) in [4.78, 5) is 2.48. The van der Waals surface area contributed by atoms with Crippen LogP contribution in [0.5, 0.6) is 0 Å². The van der Waals surface area contributed by atoms with Gasteiger partial charge in [-0.1, -0.05) is 172 Å². The first-order chi connectivity index (χ1) is 25.6. The van der Waals surface area contributed by atoms with E-state index in [4.69, 9.17) is 0 Å². The maximum Gasteiger partial charge on any atom is 0.0549 e. The van der Waals surface area contributed by atoms with Crippen molar-refractivity contribution in [2.24, 2.45) is 0 Å². The van der Waals surface area contributed by atoms with Gasteiger partial charge in [0, 0.05) is 22.4 Å². The molecule has 9 aromatic rings. The second-order valence-corrected chi connectivity index (χ2v) is 14.5. The zero-order valence-corrected chi connectivity index (χ0v) is 29.3. The van der Waals surface area contributed by atoms with Crippen molar-refractivity contribution in [3.05, 3.63) is 199 Å². The van der Waals surface area contributed by atoms with Crippen molar-refractivity contribution < 1.29 is 0 Å². The molecule has 0 bridgehead atoms. The fourth-order valence-electron chi connectivity index (χ4n) is 8.77. The minimum atomic E-state index is -0.149. The number of rotatable bonds is 5. The molecule has 0 unspecified atom stereocenters. The quantitative estimate of drug-likeness (QED) is 0.177. The SMILES string of the molecule is CC1(C)c2ccccc2-c2c(N(c3ccc(-c4cccc5ccccc45)cc3)c3ccc(-c4cccc5ccccc45)cc3)cc3ccccc3c21. The molecule has 1 nitrogen and oxygen atoms in total. The van der Waals surface area contributed by atoms with E-state index in [-0.39, 0.29) is 5.41 Å². The van der Waals surface area contributed by atoms with Crippen molar-refractivity contribution in [3.63, 3.8) is 0 Å². The zero-order valence-electron chi connectivity index (χ0n) is 29.3. The fraction of sp³-hybridized carbons (Fsp3) is 0.0588. The van der Waals surface area contributed by atoms with Gasteiger partial charge >= 0.3 is 0 Å². The van der Waals surface area contributed by atoms with Crippen LogP contribution in [0.2, 0.25) is 0 Å². The molecule has 0 spiro atoms. The molecule has 0 saturated carbocycles. The summed E-state index contributed by atoms with van der Waals surface area (Å²) in [5.41, 5.74) is 13.6. The van der Waals surface area contributed by atoms with Gasteiger partial charge in [-0.25, -0.2) is 0 Å². The summed E-state index contributed by atoms with van der Waals surface area (Å²) in [6.45, 7) is 4.77. The lowest BCUT2D eigenvalue weighted by Crippen LogP contribution is -2.16. The van der Waals surface area contributed by atoms with Gasteiger partial charge in [0.25, 0.3) is 0 Å². The van der Waals surface area contributed by atoms with Crippen LogP contribution in [0.25, 0.3) is 65.7 Å². The van der Waals surface area contributed by atoms with Crippen LogP contribution >= 0.6 is 0 Å². The molecule has 9 aromatic carbocycles. The lowest BCUT2D eigenvalue weighted by Gasteiger charge is -2.30. The van der Waals surface area contributed by atoms with E-state index >= 15 is 0 Å². The number of anilines is 3. The van der Waals surface area contributed by atoms with Gasteiger partial charge in [0.05, 0.1) is 5.69 Å². The van der Waals surface area contributed by atoms with E-state index in [0.29, 0.717) is 0 Å². The molecule has 10 rings (SSSR count). The summed E-state index contributed by atoms with van der Waals surface area (Å²) in [6.07, 6.45) is 0. The van der Waals surface area contributed by atoms with E-state index in [2.05, 4.69) is 207 Å². The Hall–Kier alpha value is -6.44. The second-order valence-electron chi connectivity index (χ2n) is 14.5. The lowest BCUT2D eigenvalue weighted by molar-refractivity contribution is 0.666. The van der Waals surface area contributed by atoms with Crippen molar-refractivity contribution in [1.29, 1.82) is 0 Å². The molecule has 1 aliphatic rings. The third-order valence-corrected chi connectivity index (χ3v) is 11.2. The molecular formula is C51H37N. The van der Waals surface area contributed by atoms with E-state index in [1.807, 2.05) is 0 Å². The van der Waals surface area contributed by atoms with E-state index in [0.717, 1.165) is 11.4 Å². The maximum atomic E-state index is 2.48. The topological polar surface area (TPSA) is 3.24 Å². The molecule has 0 N–H and O–H groups in total. The van der Waals surface area contributed by atoms with Gasteiger partial charge in [-0.2, -0.15) is 0 Å². The molecule has 0 fully saturated rings. The van der Waals surface area contributed by atoms with Crippen LogP contribution in [0.3, 0.4) is 0 Å². The third kappa shape index (κ3) is 4.70. The highest BCUT2D eigenvalue weighted by Gasteiger charge is 2.39. The molecule has 0 aliphatic heterocycles. The van der Waals surface area contributed by atoms with Gasteiger partial charge in [-0.3, -0.25) is 0 Å². The fourth-order valence-corrected chi connectivity index (χ4v) is 8.77. The summed E-state index contributed by atoms with van der Waals surface area (Å²) in [5, 5.41) is 7.62. The van der Waals surface area contributed by atoms with E-state index in [9.17, 15) is 0 Å². The van der Waals surface area contributed by atoms with Gasteiger partial charge in [-0.05, 0) is 102 Å². The highest BCUT2D eigenvalue weighted by atomic mass is 15.1.